The van der Waals surface area contributed by atoms with E-state index in [1.807, 2.05) is 37.3 Å². The molecule has 0 atom stereocenters. The Bertz CT molecular complexity index is 719. The maximum absolute atomic E-state index is 8.96. The Morgan fingerprint density at radius 1 is 1.00 bits per heavy atom. The van der Waals surface area contributed by atoms with Crippen molar-refractivity contribution in [2.24, 2.45) is 0 Å². The van der Waals surface area contributed by atoms with Crippen LogP contribution in [0.25, 0.3) is 0 Å². The van der Waals surface area contributed by atoms with E-state index in [0.29, 0.717) is 36.9 Å². The van der Waals surface area contributed by atoms with Crippen molar-refractivity contribution in [2.45, 2.75) is 13.3 Å². The molecule has 4 heteroatoms. The van der Waals surface area contributed by atoms with Crippen LogP contribution in [0.3, 0.4) is 0 Å². The Balaban J connectivity index is 1.93. The van der Waals surface area contributed by atoms with Crippen molar-refractivity contribution in [3.8, 4) is 23.3 Å². The number of hydrogen-bond acceptors (Lipinski definition) is 4. The summed E-state index contributed by atoms with van der Waals surface area (Å²) in [6.07, 6.45) is 2.62. The second-order valence-corrected chi connectivity index (χ2v) is 5.00. The minimum absolute atomic E-state index is 0.383. The maximum Gasteiger partial charge on any atom is 0.162 e. The third-order valence-corrected chi connectivity index (χ3v) is 3.31. The average molecular weight is 323 g/mol. The molecule has 0 saturated heterocycles. The Morgan fingerprint density at radius 3 is 2.46 bits per heavy atom. The van der Waals surface area contributed by atoms with Gasteiger partial charge in [0.2, 0.25) is 0 Å². The normalized spacial score (nSPS) is 9.83. The van der Waals surface area contributed by atoms with Gasteiger partial charge in [0.05, 0.1) is 18.2 Å². The van der Waals surface area contributed by atoms with Crippen LogP contribution < -0.4 is 14.2 Å². The minimum Gasteiger partial charge on any atom is -0.490 e. The highest BCUT2D eigenvalue weighted by Crippen LogP contribution is 2.28. The van der Waals surface area contributed by atoms with Gasteiger partial charge in [-0.05, 0) is 37.1 Å². The highest BCUT2D eigenvalue weighted by molar-refractivity contribution is 5.46. The number of hydrogen-bond donors (Lipinski definition) is 0. The quantitative estimate of drug-likeness (QED) is 0.514. The lowest BCUT2D eigenvalue weighted by Crippen LogP contribution is -2.10. The molecule has 2 aromatic carbocycles. The van der Waals surface area contributed by atoms with Gasteiger partial charge in [0.15, 0.2) is 11.5 Å². The maximum atomic E-state index is 8.96. The summed E-state index contributed by atoms with van der Waals surface area (Å²) >= 11 is 0. The molecule has 24 heavy (non-hydrogen) atoms. The van der Waals surface area contributed by atoms with Crippen LogP contribution in [0.4, 0.5) is 0 Å². The molecule has 0 unspecified atom stereocenters. The largest absolute Gasteiger partial charge is 0.490 e. The fraction of sp³-hybridized carbons (Fsp3) is 0.250. The van der Waals surface area contributed by atoms with E-state index in [4.69, 9.17) is 19.5 Å². The summed E-state index contributed by atoms with van der Waals surface area (Å²) < 4.78 is 17.0. The molecule has 0 radical (unpaired) electrons. The highest BCUT2D eigenvalue weighted by Gasteiger charge is 2.07. The first kappa shape index (κ1) is 17.4. The first-order valence-electron chi connectivity index (χ1n) is 7.89. The van der Waals surface area contributed by atoms with Crippen molar-refractivity contribution in [3.63, 3.8) is 0 Å². The van der Waals surface area contributed by atoms with E-state index < -0.39 is 0 Å². The van der Waals surface area contributed by atoms with Crippen LogP contribution in [0.15, 0.2) is 55.1 Å². The van der Waals surface area contributed by atoms with E-state index in [1.165, 1.54) is 0 Å². The number of benzene rings is 2. The van der Waals surface area contributed by atoms with E-state index in [2.05, 4.69) is 12.6 Å². The zero-order chi connectivity index (χ0) is 17.2. The van der Waals surface area contributed by atoms with Crippen molar-refractivity contribution in [3.05, 3.63) is 66.2 Å². The number of nitrogens with zero attached hydrogens (tertiary/aromatic N) is 1. The fourth-order valence-corrected chi connectivity index (χ4v) is 2.24. The van der Waals surface area contributed by atoms with Gasteiger partial charge >= 0.3 is 0 Å². The Kier molecular flexibility index (Phi) is 6.73. The SMILES string of the molecule is C=CCc1ccccc1OCCOc1ccc(C#N)cc1OCC. The second kappa shape index (κ2) is 9.26. The van der Waals surface area contributed by atoms with Crippen molar-refractivity contribution in [2.75, 3.05) is 19.8 Å². The van der Waals surface area contributed by atoms with Crippen LogP contribution in [-0.4, -0.2) is 19.8 Å². The Hall–Kier alpha value is -2.93. The minimum atomic E-state index is 0.383. The smallest absolute Gasteiger partial charge is 0.162 e. The molecule has 2 rings (SSSR count). The Morgan fingerprint density at radius 2 is 1.75 bits per heavy atom. The second-order valence-electron chi connectivity index (χ2n) is 5.00. The van der Waals surface area contributed by atoms with Gasteiger partial charge in [0, 0.05) is 6.07 Å². The van der Waals surface area contributed by atoms with E-state index in [1.54, 1.807) is 18.2 Å². The number of ether oxygens (including phenoxy) is 3. The molecule has 0 amide bonds. The topological polar surface area (TPSA) is 51.5 Å². The molecule has 0 aliphatic rings. The van der Waals surface area contributed by atoms with Gasteiger partial charge in [-0.15, -0.1) is 6.58 Å². The average Bonchev–Trinajstić information content (AvgIpc) is 2.61. The summed E-state index contributed by atoms with van der Waals surface area (Å²) in [5.74, 6) is 2.02. The van der Waals surface area contributed by atoms with Crippen molar-refractivity contribution in [1.29, 1.82) is 5.26 Å². The summed E-state index contributed by atoms with van der Waals surface area (Å²) in [5, 5.41) is 8.96. The van der Waals surface area contributed by atoms with Gasteiger partial charge in [-0.3, -0.25) is 0 Å². The lowest BCUT2D eigenvalue weighted by atomic mass is 10.1. The van der Waals surface area contributed by atoms with Gasteiger partial charge in [-0.1, -0.05) is 24.3 Å². The van der Waals surface area contributed by atoms with Gasteiger partial charge in [0.1, 0.15) is 19.0 Å². The predicted octanol–water partition coefficient (Wildman–Crippen LogP) is 4.14. The molecule has 0 fully saturated rings. The molecule has 0 bridgehead atoms. The van der Waals surface area contributed by atoms with E-state index in [-0.39, 0.29) is 0 Å². The summed E-state index contributed by atoms with van der Waals surface area (Å²) in [5.41, 5.74) is 1.64. The summed E-state index contributed by atoms with van der Waals surface area (Å²) in [7, 11) is 0. The van der Waals surface area contributed by atoms with E-state index in [9.17, 15) is 0 Å². The van der Waals surface area contributed by atoms with E-state index >= 15 is 0 Å². The van der Waals surface area contributed by atoms with Crippen molar-refractivity contribution < 1.29 is 14.2 Å². The third-order valence-electron chi connectivity index (χ3n) is 3.31. The summed E-state index contributed by atoms with van der Waals surface area (Å²) in [6.45, 7) is 6.96. The molecular weight excluding hydrogens is 302 g/mol. The Labute approximate surface area is 142 Å². The van der Waals surface area contributed by atoms with Gasteiger partial charge < -0.3 is 14.2 Å². The fourth-order valence-electron chi connectivity index (χ4n) is 2.24. The lowest BCUT2D eigenvalue weighted by molar-refractivity contribution is 0.207. The molecule has 0 N–H and O–H groups in total. The molecule has 124 valence electrons. The number of nitriles is 1. The molecule has 0 spiro atoms. The molecule has 2 aromatic rings. The molecule has 0 aliphatic heterocycles. The van der Waals surface area contributed by atoms with Gasteiger partial charge in [0.25, 0.3) is 0 Å². The van der Waals surface area contributed by atoms with Crippen LogP contribution in [0, 0.1) is 11.3 Å². The number of para-hydroxylation sites is 1. The highest BCUT2D eigenvalue weighted by atomic mass is 16.5. The predicted molar refractivity (Wildman–Crippen MR) is 93.7 cm³/mol. The molecule has 0 saturated carbocycles. The van der Waals surface area contributed by atoms with Crippen molar-refractivity contribution in [1.82, 2.24) is 0 Å². The molecule has 0 aromatic heterocycles. The standard InChI is InChI=1S/C20H21NO3/c1-3-7-17-8-5-6-9-18(17)23-12-13-24-19-11-10-16(15-21)14-20(19)22-4-2/h3,5-6,8-11,14H,1,4,7,12-13H2,2H3. The van der Waals surface area contributed by atoms with Crippen molar-refractivity contribution >= 4 is 0 Å². The lowest BCUT2D eigenvalue weighted by Gasteiger charge is -2.13. The zero-order valence-electron chi connectivity index (χ0n) is 13.8. The summed E-state index contributed by atoms with van der Waals surface area (Å²) in [4.78, 5) is 0. The van der Waals surface area contributed by atoms with Gasteiger partial charge in [-0.25, -0.2) is 0 Å². The third kappa shape index (κ3) is 4.79. The van der Waals surface area contributed by atoms with Gasteiger partial charge in [-0.2, -0.15) is 5.26 Å². The monoisotopic (exact) mass is 323 g/mol. The van der Waals surface area contributed by atoms with Crippen LogP contribution in [0.2, 0.25) is 0 Å². The zero-order valence-corrected chi connectivity index (χ0v) is 13.8. The number of allylic oxidation sites excluding steroid dienone is 1. The van der Waals surface area contributed by atoms with Crippen LogP contribution in [-0.2, 0) is 6.42 Å². The van der Waals surface area contributed by atoms with Crippen LogP contribution in [0.5, 0.6) is 17.2 Å². The molecule has 0 heterocycles. The molecule has 0 aliphatic carbocycles. The van der Waals surface area contributed by atoms with E-state index in [0.717, 1.165) is 17.7 Å². The first-order chi connectivity index (χ1) is 11.8. The van der Waals surface area contributed by atoms with Crippen LogP contribution in [0.1, 0.15) is 18.1 Å². The van der Waals surface area contributed by atoms with Crippen LogP contribution >= 0.6 is 0 Å². The molecule has 4 nitrogen and oxygen atoms in total. The number of rotatable bonds is 9. The summed E-state index contributed by atoms with van der Waals surface area (Å²) in [6, 6.07) is 15.1. The first-order valence-corrected chi connectivity index (χ1v) is 7.89. The molecular formula is C20H21NO3.